The molecule has 35 heavy (non-hydrogen) atoms. The van der Waals surface area contributed by atoms with Crippen LogP contribution in [0, 0.1) is 5.82 Å². The first-order chi connectivity index (χ1) is 16.9. The molecule has 176 valence electrons. The number of halogens is 2. The van der Waals surface area contributed by atoms with Crippen molar-refractivity contribution in [1.29, 1.82) is 0 Å². The fourth-order valence-electron chi connectivity index (χ4n) is 4.07. The topological polar surface area (TPSA) is 79.7 Å². The average Bonchev–Trinajstić information content (AvgIpc) is 3.37. The molecule has 1 aliphatic rings. The molecule has 4 aromatic rings. The van der Waals surface area contributed by atoms with Gasteiger partial charge in [-0.3, -0.25) is 14.5 Å². The van der Waals surface area contributed by atoms with Crippen LogP contribution in [0.3, 0.4) is 0 Å². The molecule has 0 aliphatic carbocycles. The lowest BCUT2D eigenvalue weighted by atomic mass is 9.95. The second-order valence-electron chi connectivity index (χ2n) is 7.79. The Hall–Kier alpha value is -3.75. The zero-order chi connectivity index (χ0) is 24.7. The van der Waals surface area contributed by atoms with E-state index in [4.69, 9.17) is 16.3 Å². The van der Waals surface area contributed by atoms with Crippen molar-refractivity contribution in [2.24, 2.45) is 0 Å². The standard InChI is InChI=1S/C26H18ClFN2O4S/c1-2-34-18-8-4-6-15(12-18)23(31)21-22(14-5-3-7-16(27)11-14)30(25(33)24(21)32)26-29-19-10-9-17(28)13-20(19)35-26/h3-13,22,31H,2H2,1H3/b23-21+. The number of benzene rings is 3. The summed E-state index contributed by atoms with van der Waals surface area (Å²) in [6.07, 6.45) is 0. The first-order valence-electron chi connectivity index (χ1n) is 10.7. The van der Waals surface area contributed by atoms with Gasteiger partial charge in [-0.15, -0.1) is 0 Å². The number of ketones is 1. The van der Waals surface area contributed by atoms with Crippen molar-refractivity contribution in [2.45, 2.75) is 13.0 Å². The molecule has 1 fully saturated rings. The number of amides is 1. The van der Waals surface area contributed by atoms with Gasteiger partial charge in [0.05, 0.1) is 28.4 Å². The highest BCUT2D eigenvalue weighted by molar-refractivity contribution is 7.22. The summed E-state index contributed by atoms with van der Waals surface area (Å²) < 4.78 is 19.8. The van der Waals surface area contributed by atoms with E-state index in [1.807, 2.05) is 6.92 Å². The molecule has 1 saturated heterocycles. The van der Waals surface area contributed by atoms with Gasteiger partial charge in [0, 0.05) is 10.6 Å². The molecule has 1 amide bonds. The van der Waals surface area contributed by atoms with E-state index >= 15 is 0 Å². The molecule has 2 heterocycles. The highest BCUT2D eigenvalue weighted by atomic mass is 35.5. The van der Waals surface area contributed by atoms with E-state index in [1.165, 1.54) is 23.1 Å². The third-order valence-electron chi connectivity index (χ3n) is 5.57. The normalized spacial score (nSPS) is 17.3. The van der Waals surface area contributed by atoms with Crippen molar-refractivity contribution in [3.63, 3.8) is 0 Å². The quantitative estimate of drug-likeness (QED) is 0.200. The second kappa shape index (κ2) is 9.13. The summed E-state index contributed by atoms with van der Waals surface area (Å²) >= 11 is 7.31. The number of carbonyl (C=O) groups is 2. The van der Waals surface area contributed by atoms with Gasteiger partial charge in [0.15, 0.2) is 5.13 Å². The summed E-state index contributed by atoms with van der Waals surface area (Å²) in [4.78, 5) is 32.3. The molecule has 0 radical (unpaired) electrons. The van der Waals surface area contributed by atoms with Crippen molar-refractivity contribution < 1.29 is 23.8 Å². The van der Waals surface area contributed by atoms with Crippen LogP contribution in [0.1, 0.15) is 24.1 Å². The van der Waals surface area contributed by atoms with Gasteiger partial charge >= 0.3 is 5.91 Å². The summed E-state index contributed by atoms with van der Waals surface area (Å²) in [6, 6.07) is 16.5. The number of nitrogens with zero attached hydrogens (tertiary/aromatic N) is 2. The summed E-state index contributed by atoms with van der Waals surface area (Å²) in [5.41, 5.74) is 1.23. The van der Waals surface area contributed by atoms with E-state index in [0.717, 1.165) is 11.3 Å². The van der Waals surface area contributed by atoms with E-state index in [-0.39, 0.29) is 16.5 Å². The Morgan fingerprint density at radius 2 is 1.94 bits per heavy atom. The van der Waals surface area contributed by atoms with E-state index in [0.29, 0.717) is 38.7 Å². The number of aliphatic hydroxyl groups excluding tert-OH is 1. The number of aliphatic hydroxyl groups is 1. The molecule has 1 unspecified atom stereocenters. The first-order valence-corrected chi connectivity index (χ1v) is 11.9. The van der Waals surface area contributed by atoms with Crippen LogP contribution in [-0.2, 0) is 9.59 Å². The number of aromatic nitrogens is 1. The Balaban J connectivity index is 1.72. The third kappa shape index (κ3) is 4.15. The maximum atomic E-state index is 13.8. The van der Waals surface area contributed by atoms with E-state index < -0.39 is 23.5 Å². The van der Waals surface area contributed by atoms with Gasteiger partial charge in [-0.05, 0) is 55.0 Å². The Morgan fingerprint density at radius 3 is 2.71 bits per heavy atom. The maximum absolute atomic E-state index is 13.8. The molecule has 5 rings (SSSR count). The average molecular weight is 509 g/mol. The van der Waals surface area contributed by atoms with Crippen LogP contribution < -0.4 is 9.64 Å². The van der Waals surface area contributed by atoms with Gasteiger partial charge in [-0.25, -0.2) is 9.37 Å². The third-order valence-corrected chi connectivity index (χ3v) is 6.83. The number of ether oxygens (including phenoxy) is 1. The lowest BCUT2D eigenvalue weighted by Gasteiger charge is -2.23. The van der Waals surface area contributed by atoms with E-state index in [9.17, 15) is 19.1 Å². The Bertz CT molecular complexity index is 1520. The molecule has 3 aromatic carbocycles. The maximum Gasteiger partial charge on any atom is 0.301 e. The second-order valence-corrected chi connectivity index (χ2v) is 9.24. The first kappa shape index (κ1) is 23.0. The van der Waals surface area contributed by atoms with Gasteiger partial charge in [-0.2, -0.15) is 0 Å². The van der Waals surface area contributed by atoms with Crippen LogP contribution in [0.5, 0.6) is 5.75 Å². The van der Waals surface area contributed by atoms with Crippen LogP contribution in [-0.4, -0.2) is 28.4 Å². The summed E-state index contributed by atoms with van der Waals surface area (Å²) in [5.74, 6) is -1.98. The molecular formula is C26H18ClFN2O4S. The van der Waals surface area contributed by atoms with Crippen LogP contribution in [0.2, 0.25) is 5.02 Å². The number of hydrogen-bond donors (Lipinski definition) is 1. The minimum absolute atomic E-state index is 0.101. The lowest BCUT2D eigenvalue weighted by molar-refractivity contribution is -0.132. The number of hydrogen-bond acceptors (Lipinski definition) is 6. The molecular weight excluding hydrogens is 491 g/mol. The molecule has 1 N–H and O–H groups in total. The van der Waals surface area contributed by atoms with Crippen molar-refractivity contribution in [3.05, 3.63) is 94.3 Å². The van der Waals surface area contributed by atoms with Crippen LogP contribution in [0.15, 0.2) is 72.3 Å². The molecule has 0 bridgehead atoms. The minimum atomic E-state index is -0.991. The smallest absolute Gasteiger partial charge is 0.301 e. The predicted octanol–water partition coefficient (Wildman–Crippen LogP) is 6.11. The van der Waals surface area contributed by atoms with Crippen LogP contribution in [0.4, 0.5) is 9.52 Å². The number of anilines is 1. The Labute approximate surface area is 208 Å². The molecule has 1 atom stereocenters. The SMILES string of the molecule is CCOc1cccc(/C(O)=C2\C(=O)C(=O)N(c3nc4ccc(F)cc4s3)C2c2cccc(Cl)c2)c1. The zero-order valence-electron chi connectivity index (χ0n) is 18.4. The van der Waals surface area contributed by atoms with Gasteiger partial charge < -0.3 is 9.84 Å². The number of Topliss-reactive ketones (excluding diaryl/α,β-unsaturated/α-hetero) is 1. The van der Waals surface area contributed by atoms with Crippen LogP contribution >= 0.6 is 22.9 Å². The van der Waals surface area contributed by atoms with Gasteiger partial charge in [-0.1, -0.05) is 47.2 Å². The van der Waals surface area contributed by atoms with Crippen molar-refractivity contribution in [3.8, 4) is 5.75 Å². The summed E-state index contributed by atoms with van der Waals surface area (Å²) in [5, 5.41) is 11.9. The number of rotatable bonds is 5. The number of fused-ring (bicyclic) bond motifs is 1. The van der Waals surface area contributed by atoms with Crippen molar-refractivity contribution in [2.75, 3.05) is 11.5 Å². The molecule has 1 aromatic heterocycles. The van der Waals surface area contributed by atoms with E-state index in [2.05, 4.69) is 4.98 Å². The molecule has 6 nitrogen and oxygen atoms in total. The zero-order valence-corrected chi connectivity index (χ0v) is 19.9. The highest BCUT2D eigenvalue weighted by Crippen LogP contribution is 2.44. The van der Waals surface area contributed by atoms with Crippen molar-refractivity contribution in [1.82, 2.24) is 4.98 Å². The van der Waals surface area contributed by atoms with E-state index in [1.54, 1.807) is 48.5 Å². The highest BCUT2D eigenvalue weighted by Gasteiger charge is 2.48. The molecule has 1 aliphatic heterocycles. The fourth-order valence-corrected chi connectivity index (χ4v) is 5.28. The van der Waals surface area contributed by atoms with Gasteiger partial charge in [0.1, 0.15) is 17.3 Å². The monoisotopic (exact) mass is 508 g/mol. The number of carbonyl (C=O) groups excluding carboxylic acids is 2. The lowest BCUT2D eigenvalue weighted by Crippen LogP contribution is -2.29. The Kier molecular flexibility index (Phi) is 6.00. The van der Waals surface area contributed by atoms with Gasteiger partial charge in [0.2, 0.25) is 0 Å². The predicted molar refractivity (Wildman–Crippen MR) is 133 cm³/mol. The minimum Gasteiger partial charge on any atom is -0.507 e. The number of thiazole rings is 1. The Morgan fingerprint density at radius 1 is 1.14 bits per heavy atom. The van der Waals surface area contributed by atoms with Crippen molar-refractivity contribution >= 4 is 55.7 Å². The summed E-state index contributed by atoms with van der Waals surface area (Å²) in [6.45, 7) is 2.26. The molecule has 0 saturated carbocycles. The van der Waals surface area contributed by atoms with Crippen LogP contribution in [0.25, 0.3) is 16.0 Å². The summed E-state index contributed by atoms with van der Waals surface area (Å²) in [7, 11) is 0. The largest absolute Gasteiger partial charge is 0.507 e. The van der Waals surface area contributed by atoms with Gasteiger partial charge in [0.25, 0.3) is 5.78 Å². The fraction of sp³-hybridized carbons (Fsp3) is 0.115. The molecule has 9 heteroatoms. The molecule has 0 spiro atoms.